The molecule has 4 rings (SSSR count). The number of amides is 1. The van der Waals surface area contributed by atoms with Gasteiger partial charge in [0, 0.05) is 24.1 Å². The maximum atomic E-state index is 13.5. The Morgan fingerprint density at radius 2 is 2.03 bits per heavy atom. The number of halogens is 3. The Bertz CT molecular complexity index is 1140. The van der Waals surface area contributed by atoms with Crippen LogP contribution < -0.4 is 16.0 Å². The van der Waals surface area contributed by atoms with Gasteiger partial charge in [-0.3, -0.25) is 4.79 Å². The highest BCUT2D eigenvalue weighted by Gasteiger charge is 2.35. The topological polar surface area (TPSA) is 103 Å². The van der Waals surface area contributed by atoms with Crippen molar-refractivity contribution >= 4 is 34.7 Å². The van der Waals surface area contributed by atoms with Crippen LogP contribution in [0.5, 0.6) is 0 Å². The number of rotatable bonds is 5. The number of hydrogen-bond donors (Lipinski definition) is 3. The van der Waals surface area contributed by atoms with Crippen LogP contribution in [0.15, 0.2) is 42.6 Å². The van der Waals surface area contributed by atoms with E-state index in [1.807, 2.05) is 0 Å². The molecule has 0 spiro atoms. The SMILES string of the molecule is Cc1cccc([NH-])c1CNc1nc(Nc2ccc3c(c2)CC(=O)N3)ncc1C(F)(F)F. The monoisotopic (exact) mass is 427 g/mol. The molecule has 0 saturated heterocycles. The van der Waals surface area contributed by atoms with Gasteiger partial charge in [-0.25, -0.2) is 4.98 Å². The van der Waals surface area contributed by atoms with Gasteiger partial charge in [-0.1, -0.05) is 18.2 Å². The number of benzene rings is 2. The number of nitrogens with one attached hydrogen (secondary N) is 4. The lowest BCUT2D eigenvalue weighted by atomic mass is 10.1. The van der Waals surface area contributed by atoms with Crippen molar-refractivity contribution in [2.24, 2.45) is 0 Å². The quantitative estimate of drug-likeness (QED) is 0.510. The van der Waals surface area contributed by atoms with Gasteiger partial charge >= 0.3 is 6.18 Å². The van der Waals surface area contributed by atoms with Crippen LogP contribution in [-0.4, -0.2) is 15.9 Å². The standard InChI is InChI=1S/C21H18F3N6O/c1-11-3-2-4-16(25)14(11)9-26-19-15(21(22,23)24)10-27-20(30-19)28-13-5-6-17-12(7-13)8-18(31)29-17/h2-7,10,25H,8-9H2,1H3,(H,29,31)(H2,26,27,28,30)/q-1. The second kappa shape index (κ2) is 7.78. The second-order valence-electron chi connectivity index (χ2n) is 7.13. The Morgan fingerprint density at radius 3 is 2.77 bits per heavy atom. The molecule has 160 valence electrons. The van der Waals surface area contributed by atoms with Gasteiger partial charge < -0.3 is 21.7 Å². The molecular formula is C21H18F3N6O-. The van der Waals surface area contributed by atoms with E-state index in [0.29, 0.717) is 16.9 Å². The summed E-state index contributed by atoms with van der Waals surface area (Å²) in [7, 11) is 0. The summed E-state index contributed by atoms with van der Waals surface area (Å²) in [5, 5.41) is 8.30. The van der Waals surface area contributed by atoms with Crippen LogP contribution in [0.4, 0.5) is 42.0 Å². The third-order valence-electron chi connectivity index (χ3n) is 4.92. The van der Waals surface area contributed by atoms with E-state index in [9.17, 15) is 18.0 Å². The van der Waals surface area contributed by atoms with Gasteiger partial charge in [0.25, 0.3) is 0 Å². The zero-order chi connectivity index (χ0) is 22.2. The molecule has 0 saturated carbocycles. The average molecular weight is 427 g/mol. The summed E-state index contributed by atoms with van der Waals surface area (Å²) in [6.07, 6.45) is -3.69. The molecule has 10 heteroatoms. The molecule has 2 heterocycles. The number of alkyl halides is 3. The van der Waals surface area contributed by atoms with E-state index in [2.05, 4.69) is 25.9 Å². The predicted octanol–water partition coefficient (Wildman–Crippen LogP) is 5.34. The first-order valence-electron chi connectivity index (χ1n) is 9.39. The van der Waals surface area contributed by atoms with Crippen molar-refractivity contribution in [1.82, 2.24) is 9.97 Å². The van der Waals surface area contributed by atoms with Crippen LogP contribution in [0, 0.1) is 6.92 Å². The molecule has 0 radical (unpaired) electrons. The molecule has 1 aromatic heterocycles. The Hall–Kier alpha value is -3.82. The number of aryl methyl sites for hydroxylation is 1. The maximum Gasteiger partial charge on any atom is 0.421 e. The first kappa shape index (κ1) is 20.5. The summed E-state index contributed by atoms with van der Waals surface area (Å²) in [5.41, 5.74) is 10.6. The highest BCUT2D eigenvalue weighted by Crippen LogP contribution is 2.35. The molecule has 0 aliphatic carbocycles. The van der Waals surface area contributed by atoms with E-state index < -0.39 is 11.7 Å². The fraction of sp³-hybridized carbons (Fsp3) is 0.190. The number of aromatic nitrogens is 2. The van der Waals surface area contributed by atoms with E-state index in [1.54, 1.807) is 43.3 Å². The molecule has 0 unspecified atom stereocenters. The molecule has 0 fully saturated rings. The summed E-state index contributed by atoms with van der Waals surface area (Å²) >= 11 is 0. The third-order valence-corrected chi connectivity index (χ3v) is 4.92. The van der Waals surface area contributed by atoms with Gasteiger partial charge in [-0.15, -0.1) is 5.69 Å². The van der Waals surface area contributed by atoms with Gasteiger partial charge in [0.15, 0.2) is 0 Å². The normalized spacial score (nSPS) is 13.0. The Balaban J connectivity index is 1.60. The lowest BCUT2D eigenvalue weighted by Gasteiger charge is -2.18. The Morgan fingerprint density at radius 1 is 1.23 bits per heavy atom. The average Bonchev–Trinajstić information content (AvgIpc) is 3.06. The highest BCUT2D eigenvalue weighted by atomic mass is 19.4. The number of nitrogens with zero attached hydrogens (tertiary/aromatic N) is 2. The minimum Gasteiger partial charge on any atom is -0.698 e. The van der Waals surface area contributed by atoms with E-state index in [4.69, 9.17) is 5.73 Å². The zero-order valence-corrected chi connectivity index (χ0v) is 16.4. The molecule has 1 aliphatic heterocycles. The lowest BCUT2D eigenvalue weighted by Crippen LogP contribution is -2.14. The van der Waals surface area contributed by atoms with Crippen LogP contribution in [0.3, 0.4) is 0 Å². The van der Waals surface area contributed by atoms with Crippen LogP contribution in [0.25, 0.3) is 5.73 Å². The maximum absolute atomic E-state index is 13.5. The highest BCUT2D eigenvalue weighted by molar-refractivity contribution is 5.99. The molecule has 0 atom stereocenters. The summed E-state index contributed by atoms with van der Waals surface area (Å²) in [5.74, 6) is -0.524. The van der Waals surface area contributed by atoms with Crippen molar-refractivity contribution in [1.29, 1.82) is 0 Å². The van der Waals surface area contributed by atoms with Gasteiger partial charge in [-0.05, 0) is 41.8 Å². The molecule has 0 bridgehead atoms. The number of hydrogen-bond acceptors (Lipinski definition) is 5. The van der Waals surface area contributed by atoms with Crippen molar-refractivity contribution in [3.05, 3.63) is 70.6 Å². The van der Waals surface area contributed by atoms with E-state index in [0.717, 1.165) is 17.3 Å². The lowest BCUT2D eigenvalue weighted by molar-refractivity contribution is -0.137. The molecule has 4 N–H and O–H groups in total. The van der Waals surface area contributed by atoms with Gasteiger partial charge in [0.1, 0.15) is 11.4 Å². The summed E-state index contributed by atoms with van der Waals surface area (Å²) in [6, 6.07) is 10.2. The van der Waals surface area contributed by atoms with Gasteiger partial charge in [0.2, 0.25) is 11.9 Å². The summed E-state index contributed by atoms with van der Waals surface area (Å²) in [6.45, 7) is 1.80. The molecule has 1 amide bonds. The fourth-order valence-corrected chi connectivity index (χ4v) is 3.33. The first-order valence-corrected chi connectivity index (χ1v) is 9.39. The van der Waals surface area contributed by atoms with Crippen LogP contribution >= 0.6 is 0 Å². The third kappa shape index (κ3) is 4.37. The molecule has 31 heavy (non-hydrogen) atoms. The second-order valence-corrected chi connectivity index (χ2v) is 7.13. The Kier molecular flexibility index (Phi) is 5.14. The van der Waals surface area contributed by atoms with Crippen molar-refractivity contribution in [2.75, 3.05) is 16.0 Å². The van der Waals surface area contributed by atoms with Gasteiger partial charge in [-0.2, -0.15) is 18.2 Å². The number of fused-ring (bicyclic) bond motifs is 1. The molecule has 2 aromatic carbocycles. The van der Waals surface area contributed by atoms with E-state index in [1.165, 1.54) is 0 Å². The van der Waals surface area contributed by atoms with Crippen molar-refractivity contribution in [3.8, 4) is 0 Å². The van der Waals surface area contributed by atoms with Crippen LogP contribution in [0.2, 0.25) is 0 Å². The number of anilines is 4. The molecule has 7 nitrogen and oxygen atoms in total. The first-order chi connectivity index (χ1) is 14.7. The van der Waals surface area contributed by atoms with Crippen LogP contribution in [0.1, 0.15) is 22.3 Å². The fourth-order valence-electron chi connectivity index (χ4n) is 3.33. The summed E-state index contributed by atoms with van der Waals surface area (Å²) in [4.78, 5) is 19.3. The zero-order valence-electron chi connectivity index (χ0n) is 16.4. The van der Waals surface area contributed by atoms with E-state index >= 15 is 0 Å². The van der Waals surface area contributed by atoms with Crippen LogP contribution in [-0.2, 0) is 23.9 Å². The number of carbonyl (C=O) groups excluding carboxylic acids is 1. The minimum atomic E-state index is -4.64. The van der Waals surface area contributed by atoms with Crippen molar-refractivity contribution in [3.63, 3.8) is 0 Å². The predicted molar refractivity (Wildman–Crippen MR) is 112 cm³/mol. The molecule has 3 aromatic rings. The largest absolute Gasteiger partial charge is 0.698 e. The minimum absolute atomic E-state index is 0.0116. The van der Waals surface area contributed by atoms with Crippen molar-refractivity contribution < 1.29 is 18.0 Å². The Labute approximate surface area is 175 Å². The summed E-state index contributed by atoms with van der Waals surface area (Å²) < 4.78 is 40.4. The van der Waals surface area contributed by atoms with Crippen molar-refractivity contribution in [2.45, 2.75) is 26.1 Å². The molecular weight excluding hydrogens is 409 g/mol. The van der Waals surface area contributed by atoms with Gasteiger partial charge in [0.05, 0.1) is 6.42 Å². The smallest absolute Gasteiger partial charge is 0.421 e. The molecule has 1 aliphatic rings. The number of carbonyl (C=O) groups is 1. The van der Waals surface area contributed by atoms with E-state index in [-0.39, 0.29) is 36.3 Å².